The highest BCUT2D eigenvalue weighted by molar-refractivity contribution is 5.93. The summed E-state index contributed by atoms with van der Waals surface area (Å²) in [5, 5.41) is 2.66. The van der Waals surface area contributed by atoms with E-state index in [1.54, 1.807) is 13.1 Å². The zero-order chi connectivity index (χ0) is 15.4. The highest BCUT2D eigenvalue weighted by atomic mass is 19.1. The molecule has 1 amide bonds. The van der Waals surface area contributed by atoms with E-state index in [1.165, 1.54) is 42.1 Å². The van der Waals surface area contributed by atoms with Crippen LogP contribution in [0.4, 0.5) is 4.39 Å². The Hall–Kier alpha value is -2.63. The number of aryl methyl sites for hydroxylation is 1. The summed E-state index contributed by atoms with van der Waals surface area (Å²) >= 11 is 0. The Morgan fingerprint density at radius 3 is 2.71 bits per heavy atom. The van der Waals surface area contributed by atoms with Gasteiger partial charge in [0.05, 0.1) is 12.7 Å². The fraction of sp³-hybridized carbons (Fsp3) is 0.200. The van der Waals surface area contributed by atoms with Gasteiger partial charge in [0.2, 0.25) is 5.56 Å². The third kappa shape index (κ3) is 3.47. The molecule has 2 aromatic rings. The van der Waals surface area contributed by atoms with Crippen LogP contribution in [0.2, 0.25) is 0 Å². The predicted molar refractivity (Wildman–Crippen MR) is 75.8 cm³/mol. The molecular weight excluding hydrogens is 275 g/mol. The molecule has 0 aliphatic rings. The van der Waals surface area contributed by atoms with Crippen LogP contribution in [0.1, 0.15) is 15.9 Å². The van der Waals surface area contributed by atoms with Gasteiger partial charge >= 0.3 is 0 Å². The first-order valence-electron chi connectivity index (χ1n) is 6.28. The van der Waals surface area contributed by atoms with Crippen molar-refractivity contribution in [2.75, 3.05) is 7.11 Å². The summed E-state index contributed by atoms with van der Waals surface area (Å²) in [6, 6.07) is 7.25. The molecule has 1 N–H and O–H groups in total. The van der Waals surface area contributed by atoms with Crippen molar-refractivity contribution in [2.24, 2.45) is 7.05 Å². The van der Waals surface area contributed by atoms with E-state index in [4.69, 9.17) is 4.74 Å². The van der Waals surface area contributed by atoms with Gasteiger partial charge in [0.15, 0.2) is 11.6 Å². The highest BCUT2D eigenvalue weighted by Gasteiger charge is 2.08. The summed E-state index contributed by atoms with van der Waals surface area (Å²) in [5.41, 5.74) is 0.793. The molecule has 0 saturated heterocycles. The number of aromatic nitrogens is 1. The fourth-order valence-electron chi connectivity index (χ4n) is 1.83. The van der Waals surface area contributed by atoms with Gasteiger partial charge in [-0.3, -0.25) is 9.59 Å². The Morgan fingerprint density at radius 1 is 1.33 bits per heavy atom. The van der Waals surface area contributed by atoms with E-state index in [-0.39, 0.29) is 23.8 Å². The Balaban J connectivity index is 2.05. The van der Waals surface area contributed by atoms with Crippen molar-refractivity contribution in [3.8, 4) is 5.75 Å². The summed E-state index contributed by atoms with van der Waals surface area (Å²) in [7, 11) is 2.96. The molecule has 0 unspecified atom stereocenters. The second kappa shape index (κ2) is 6.21. The third-order valence-corrected chi connectivity index (χ3v) is 3.02. The lowest BCUT2D eigenvalue weighted by molar-refractivity contribution is 0.0950. The first kappa shape index (κ1) is 14.8. The van der Waals surface area contributed by atoms with Crippen LogP contribution in [0.15, 0.2) is 41.3 Å². The van der Waals surface area contributed by atoms with Crippen molar-refractivity contribution >= 4 is 5.91 Å². The van der Waals surface area contributed by atoms with E-state index < -0.39 is 5.82 Å². The molecule has 0 aliphatic heterocycles. The standard InChI is InChI=1S/C15H15FN2O3/c1-18-9-11(4-6-14(18)19)15(20)17-8-10-3-5-13(21-2)12(16)7-10/h3-7,9H,8H2,1-2H3,(H,17,20). The fourth-order valence-corrected chi connectivity index (χ4v) is 1.83. The monoisotopic (exact) mass is 290 g/mol. The average molecular weight is 290 g/mol. The molecule has 1 aromatic heterocycles. The molecule has 2 rings (SSSR count). The third-order valence-electron chi connectivity index (χ3n) is 3.02. The number of halogens is 1. The molecule has 0 atom stereocenters. The number of rotatable bonds is 4. The van der Waals surface area contributed by atoms with Crippen molar-refractivity contribution in [3.63, 3.8) is 0 Å². The summed E-state index contributed by atoms with van der Waals surface area (Å²) in [6.07, 6.45) is 1.45. The molecule has 21 heavy (non-hydrogen) atoms. The molecule has 110 valence electrons. The van der Waals surface area contributed by atoms with E-state index in [1.807, 2.05) is 0 Å². The van der Waals surface area contributed by atoms with Crippen LogP contribution in [0.25, 0.3) is 0 Å². The molecule has 0 fully saturated rings. The first-order chi connectivity index (χ1) is 10.0. The quantitative estimate of drug-likeness (QED) is 0.927. The smallest absolute Gasteiger partial charge is 0.253 e. The van der Waals surface area contributed by atoms with Crippen LogP contribution >= 0.6 is 0 Å². The van der Waals surface area contributed by atoms with E-state index in [2.05, 4.69) is 5.32 Å². The Kier molecular flexibility index (Phi) is 4.37. The largest absolute Gasteiger partial charge is 0.494 e. The van der Waals surface area contributed by atoms with Gasteiger partial charge in [-0.25, -0.2) is 4.39 Å². The first-order valence-corrected chi connectivity index (χ1v) is 6.28. The molecule has 6 heteroatoms. The minimum atomic E-state index is -0.480. The summed E-state index contributed by atoms with van der Waals surface area (Å²) in [6.45, 7) is 0.183. The van der Waals surface area contributed by atoms with Crippen molar-refractivity contribution in [3.05, 3.63) is 63.8 Å². The number of hydrogen-bond donors (Lipinski definition) is 1. The molecule has 0 bridgehead atoms. The molecule has 0 saturated carbocycles. The van der Waals surface area contributed by atoms with Gasteiger partial charge in [0.25, 0.3) is 5.91 Å². The maximum absolute atomic E-state index is 13.5. The number of nitrogens with zero attached hydrogens (tertiary/aromatic N) is 1. The number of methoxy groups -OCH3 is 1. The lowest BCUT2D eigenvalue weighted by Gasteiger charge is -2.08. The van der Waals surface area contributed by atoms with Crippen molar-refractivity contribution in [2.45, 2.75) is 6.54 Å². The predicted octanol–water partition coefficient (Wildman–Crippen LogP) is 1.46. The minimum Gasteiger partial charge on any atom is -0.494 e. The second-order valence-corrected chi connectivity index (χ2v) is 4.52. The van der Waals surface area contributed by atoms with Crippen molar-refractivity contribution in [1.29, 1.82) is 0 Å². The average Bonchev–Trinajstić information content (AvgIpc) is 2.47. The van der Waals surface area contributed by atoms with E-state index in [9.17, 15) is 14.0 Å². The lowest BCUT2D eigenvalue weighted by atomic mass is 10.2. The van der Waals surface area contributed by atoms with Gasteiger partial charge in [-0.2, -0.15) is 0 Å². The number of pyridine rings is 1. The number of hydrogen-bond acceptors (Lipinski definition) is 3. The van der Waals surface area contributed by atoms with Gasteiger partial charge in [-0.05, 0) is 23.8 Å². The Labute approximate surface area is 121 Å². The number of carbonyl (C=O) groups excluding carboxylic acids is 1. The van der Waals surface area contributed by atoms with Gasteiger partial charge in [-0.1, -0.05) is 6.07 Å². The normalized spacial score (nSPS) is 10.2. The number of ether oxygens (including phenoxy) is 1. The molecule has 5 nitrogen and oxygen atoms in total. The van der Waals surface area contributed by atoms with E-state index in [0.29, 0.717) is 11.1 Å². The molecule has 0 aliphatic carbocycles. The SMILES string of the molecule is COc1ccc(CNC(=O)c2ccc(=O)n(C)c2)cc1F. The Morgan fingerprint density at radius 2 is 2.10 bits per heavy atom. The number of carbonyl (C=O) groups is 1. The van der Waals surface area contributed by atoms with Crippen LogP contribution in [0.5, 0.6) is 5.75 Å². The van der Waals surface area contributed by atoms with E-state index >= 15 is 0 Å². The van der Waals surface area contributed by atoms with Crippen LogP contribution in [0, 0.1) is 5.82 Å². The zero-order valence-electron chi connectivity index (χ0n) is 11.7. The Bertz CT molecular complexity index is 725. The molecule has 1 heterocycles. The number of amides is 1. The van der Waals surface area contributed by atoms with Gasteiger partial charge < -0.3 is 14.6 Å². The zero-order valence-corrected chi connectivity index (χ0v) is 11.7. The molecule has 0 radical (unpaired) electrons. The van der Waals surface area contributed by atoms with Gasteiger partial charge in [-0.15, -0.1) is 0 Å². The summed E-state index contributed by atoms with van der Waals surface area (Å²) in [4.78, 5) is 23.2. The molecule has 0 spiro atoms. The summed E-state index contributed by atoms with van der Waals surface area (Å²) in [5.74, 6) is -0.656. The van der Waals surface area contributed by atoms with Crippen LogP contribution in [-0.2, 0) is 13.6 Å². The maximum Gasteiger partial charge on any atom is 0.253 e. The van der Waals surface area contributed by atoms with Crippen LogP contribution in [-0.4, -0.2) is 17.6 Å². The molecule has 1 aromatic carbocycles. The molecular formula is C15H15FN2O3. The lowest BCUT2D eigenvalue weighted by Crippen LogP contribution is -2.25. The van der Waals surface area contributed by atoms with Crippen LogP contribution in [0.3, 0.4) is 0 Å². The highest BCUT2D eigenvalue weighted by Crippen LogP contribution is 2.17. The maximum atomic E-state index is 13.5. The number of benzene rings is 1. The topological polar surface area (TPSA) is 60.3 Å². The van der Waals surface area contributed by atoms with Crippen molar-refractivity contribution < 1.29 is 13.9 Å². The minimum absolute atomic E-state index is 0.156. The number of nitrogens with one attached hydrogen (secondary N) is 1. The second-order valence-electron chi connectivity index (χ2n) is 4.52. The van der Waals surface area contributed by atoms with Gasteiger partial charge in [0, 0.05) is 25.9 Å². The van der Waals surface area contributed by atoms with Crippen molar-refractivity contribution in [1.82, 2.24) is 9.88 Å². The van der Waals surface area contributed by atoms with Gasteiger partial charge in [0.1, 0.15) is 0 Å². The summed E-state index contributed by atoms with van der Waals surface area (Å²) < 4.78 is 19.7. The van der Waals surface area contributed by atoms with E-state index in [0.717, 1.165) is 0 Å². The van der Waals surface area contributed by atoms with Crippen LogP contribution < -0.4 is 15.6 Å².